The molecule has 0 aliphatic carbocycles. The Morgan fingerprint density at radius 3 is 2.39 bits per heavy atom. The van der Waals surface area contributed by atoms with Crippen LogP contribution in [0.2, 0.25) is 0 Å². The van der Waals surface area contributed by atoms with Gasteiger partial charge in [-0.1, -0.05) is 24.4 Å². The number of carbonyl (C=O) groups is 1. The number of nitrogens with one attached hydrogen (secondary N) is 1. The van der Waals surface area contributed by atoms with Gasteiger partial charge in [0.05, 0.1) is 0 Å². The largest absolute Gasteiger partial charge is 0.412 e. The first-order chi connectivity index (χ1) is 7.72. The normalized spacial score (nSPS) is 9.39. The number of ether oxygens (including phenoxy) is 1. The summed E-state index contributed by atoms with van der Waals surface area (Å²) >= 11 is 7.07. The standard InChI is InChI=1S/C9H11NO2.H3N.H3O2PS2/c1-7-4-3-5-8(6-7)12-9(11)10-2;;1-3(2,4)5/h3-6H,1-2H3,(H,10,11);1H3;(H3,1,2,4,5). The van der Waals surface area contributed by atoms with Gasteiger partial charge < -0.3 is 26.0 Å². The Morgan fingerprint density at radius 1 is 1.50 bits per heavy atom. The lowest BCUT2D eigenvalue weighted by molar-refractivity contribution is 0.203. The van der Waals surface area contributed by atoms with E-state index < -0.39 is 11.8 Å². The van der Waals surface area contributed by atoms with E-state index in [1.165, 1.54) is 7.05 Å². The van der Waals surface area contributed by atoms with Crippen molar-refractivity contribution in [3.8, 4) is 5.75 Å². The Morgan fingerprint density at radius 2 is 2.00 bits per heavy atom. The fourth-order valence-corrected chi connectivity index (χ4v) is 0.837. The Kier molecular flexibility index (Phi) is 10.2. The molecule has 1 rings (SSSR count). The molecule has 0 spiro atoms. The molecule has 0 aromatic heterocycles. The maximum absolute atomic E-state index is 10.8. The molecule has 1 aromatic carbocycles. The van der Waals surface area contributed by atoms with Crippen molar-refractivity contribution in [3.05, 3.63) is 29.8 Å². The van der Waals surface area contributed by atoms with Crippen LogP contribution >= 0.6 is 17.9 Å². The summed E-state index contributed by atoms with van der Waals surface area (Å²) in [5, 5.41) is 2.37. The Hall–Kier alpha value is -0.630. The average molecular weight is 312 g/mol. The van der Waals surface area contributed by atoms with Crippen molar-refractivity contribution in [1.82, 2.24) is 11.5 Å². The average Bonchev–Trinajstić information content (AvgIpc) is 2.15. The Labute approximate surface area is 116 Å². The first kappa shape index (κ1) is 19.7. The van der Waals surface area contributed by atoms with Gasteiger partial charge in [0, 0.05) is 7.05 Å². The van der Waals surface area contributed by atoms with Crippen LogP contribution in [0.15, 0.2) is 24.3 Å². The number of rotatable bonds is 1. The first-order valence-corrected chi connectivity index (χ1v) is 8.33. The van der Waals surface area contributed by atoms with Crippen molar-refractivity contribution in [2.45, 2.75) is 6.92 Å². The summed E-state index contributed by atoms with van der Waals surface area (Å²) in [5.41, 5.74) is -2.04. The molecule has 0 heterocycles. The molecular formula is C9H17N2O4PS2. The summed E-state index contributed by atoms with van der Waals surface area (Å²) in [6, 6.07) is 7.32. The second-order valence-electron chi connectivity index (χ2n) is 2.97. The third-order valence-corrected chi connectivity index (χ3v) is 1.40. The SMILES string of the molecule is CNC(=O)Oc1cccc(C)c1.N.OP(O)(=S)S. The lowest BCUT2D eigenvalue weighted by atomic mass is 10.2. The molecule has 0 fully saturated rings. The molecule has 18 heavy (non-hydrogen) atoms. The van der Waals surface area contributed by atoms with Gasteiger partial charge in [-0.2, -0.15) is 0 Å². The molecule has 0 atom stereocenters. The van der Waals surface area contributed by atoms with E-state index in [0.717, 1.165) is 5.56 Å². The molecule has 0 aliphatic rings. The molecule has 0 unspecified atom stereocenters. The number of carbonyl (C=O) groups excluding carboxylic acids is 1. The van der Waals surface area contributed by atoms with Crippen molar-refractivity contribution in [2.24, 2.45) is 0 Å². The molecule has 6 N–H and O–H groups in total. The molecule has 104 valence electrons. The maximum Gasteiger partial charge on any atom is 0.412 e. The van der Waals surface area contributed by atoms with Crippen molar-refractivity contribution in [2.75, 3.05) is 7.05 Å². The van der Waals surface area contributed by atoms with Crippen LogP contribution in [-0.2, 0) is 11.8 Å². The summed E-state index contributed by atoms with van der Waals surface area (Å²) in [4.78, 5) is 26.5. The minimum Gasteiger partial charge on any atom is -0.410 e. The summed E-state index contributed by atoms with van der Waals surface area (Å²) in [6.45, 7) is 1.94. The monoisotopic (exact) mass is 312 g/mol. The summed E-state index contributed by atoms with van der Waals surface area (Å²) in [7, 11) is 1.53. The van der Waals surface area contributed by atoms with E-state index in [0.29, 0.717) is 5.75 Å². The highest BCUT2D eigenvalue weighted by molar-refractivity contribution is 8.59. The minimum absolute atomic E-state index is 0. The highest BCUT2D eigenvalue weighted by Gasteiger charge is 1.99. The summed E-state index contributed by atoms with van der Waals surface area (Å²) in [5.74, 6) is 0.564. The van der Waals surface area contributed by atoms with Gasteiger partial charge in [0.1, 0.15) is 5.75 Å². The van der Waals surface area contributed by atoms with Crippen LogP contribution in [0.25, 0.3) is 0 Å². The summed E-state index contributed by atoms with van der Waals surface area (Å²) < 4.78 is 4.89. The fourth-order valence-electron chi connectivity index (χ4n) is 0.837. The predicted molar refractivity (Wildman–Crippen MR) is 79.0 cm³/mol. The number of amides is 1. The van der Waals surface area contributed by atoms with E-state index in [4.69, 9.17) is 14.5 Å². The fraction of sp³-hybridized carbons (Fsp3) is 0.222. The molecule has 9 heteroatoms. The molecule has 6 nitrogen and oxygen atoms in total. The zero-order valence-corrected chi connectivity index (χ0v) is 12.6. The van der Waals surface area contributed by atoms with Crippen molar-refractivity contribution in [3.63, 3.8) is 0 Å². The van der Waals surface area contributed by atoms with Crippen molar-refractivity contribution < 1.29 is 19.3 Å². The van der Waals surface area contributed by atoms with E-state index >= 15 is 0 Å². The van der Waals surface area contributed by atoms with E-state index in [1.807, 2.05) is 19.1 Å². The minimum atomic E-state index is -3.11. The Bertz CT molecular complexity index is 417. The Balaban J connectivity index is 0. The van der Waals surface area contributed by atoms with Crippen LogP contribution < -0.4 is 16.2 Å². The van der Waals surface area contributed by atoms with Gasteiger partial charge in [0.15, 0.2) is 0 Å². The van der Waals surface area contributed by atoms with Gasteiger partial charge in [-0.15, -0.1) is 0 Å². The van der Waals surface area contributed by atoms with Gasteiger partial charge in [-0.05, 0) is 36.4 Å². The van der Waals surface area contributed by atoms with Crippen LogP contribution in [0.5, 0.6) is 5.75 Å². The second kappa shape index (κ2) is 9.32. The molecule has 0 aliphatic heterocycles. The predicted octanol–water partition coefficient (Wildman–Crippen LogP) is 2.00. The third-order valence-electron chi connectivity index (χ3n) is 1.40. The number of thiol groups is 1. The molecule has 0 saturated heterocycles. The van der Waals surface area contributed by atoms with E-state index in [-0.39, 0.29) is 6.15 Å². The molecule has 0 saturated carbocycles. The quantitative estimate of drug-likeness (QED) is 0.400. The van der Waals surface area contributed by atoms with Gasteiger partial charge in [0.25, 0.3) is 0 Å². The van der Waals surface area contributed by atoms with Gasteiger partial charge in [-0.3, -0.25) is 0 Å². The van der Waals surface area contributed by atoms with Crippen LogP contribution in [-0.4, -0.2) is 22.9 Å². The van der Waals surface area contributed by atoms with E-state index in [1.54, 1.807) is 12.1 Å². The highest BCUT2D eigenvalue weighted by atomic mass is 32.9. The number of hydrogen-bond donors (Lipinski definition) is 5. The maximum atomic E-state index is 10.8. The molecule has 1 amide bonds. The number of hydrogen-bond acceptors (Lipinski definition) is 4. The number of benzene rings is 1. The first-order valence-electron chi connectivity index (χ1n) is 4.47. The van der Waals surface area contributed by atoms with Gasteiger partial charge >= 0.3 is 6.09 Å². The van der Waals surface area contributed by atoms with Crippen molar-refractivity contribution >= 4 is 35.8 Å². The lowest BCUT2D eigenvalue weighted by Crippen LogP contribution is -2.21. The van der Waals surface area contributed by atoms with Crippen molar-refractivity contribution in [1.29, 1.82) is 0 Å². The van der Waals surface area contributed by atoms with Crippen LogP contribution in [0.3, 0.4) is 0 Å². The number of aryl methyl sites for hydroxylation is 1. The highest BCUT2D eigenvalue weighted by Crippen LogP contribution is 2.39. The zero-order valence-electron chi connectivity index (χ0n) is 10.0. The molecule has 1 aromatic rings. The molecule has 0 bridgehead atoms. The second-order valence-corrected chi connectivity index (χ2v) is 8.01. The van der Waals surface area contributed by atoms with E-state index in [9.17, 15) is 4.79 Å². The molecule has 0 radical (unpaired) electrons. The zero-order chi connectivity index (χ0) is 13.5. The van der Waals surface area contributed by atoms with Crippen LogP contribution in [0.4, 0.5) is 4.79 Å². The molecular weight excluding hydrogens is 295 g/mol. The topological polar surface area (TPSA) is 114 Å². The van der Waals surface area contributed by atoms with E-state index in [2.05, 4.69) is 29.4 Å². The smallest absolute Gasteiger partial charge is 0.410 e. The van der Waals surface area contributed by atoms with Gasteiger partial charge in [-0.25, -0.2) is 4.79 Å². The van der Waals surface area contributed by atoms with Crippen LogP contribution in [0, 0.1) is 6.92 Å². The van der Waals surface area contributed by atoms with Gasteiger partial charge in [0.2, 0.25) is 5.69 Å². The lowest BCUT2D eigenvalue weighted by Gasteiger charge is -2.02. The third kappa shape index (κ3) is 13.4. The summed E-state index contributed by atoms with van der Waals surface area (Å²) in [6.07, 6.45) is -0.444. The van der Waals surface area contributed by atoms with Crippen LogP contribution in [0.1, 0.15) is 5.56 Å².